The van der Waals surface area contributed by atoms with Crippen molar-refractivity contribution in [3.8, 4) is 0 Å². The van der Waals surface area contributed by atoms with Crippen molar-refractivity contribution in [2.24, 2.45) is 46.3 Å². The summed E-state index contributed by atoms with van der Waals surface area (Å²) in [6.07, 6.45) is 14.0. The number of hydrogen-bond donors (Lipinski definition) is 1. The van der Waals surface area contributed by atoms with Crippen molar-refractivity contribution < 1.29 is 14.6 Å². The molecule has 3 saturated carbocycles. The Morgan fingerprint density at radius 3 is 2.44 bits per heavy atom. The molecule has 0 radical (unpaired) electrons. The summed E-state index contributed by atoms with van der Waals surface area (Å²) in [4.78, 5) is 11.5. The molecule has 0 saturated heterocycles. The molecule has 3 nitrogen and oxygen atoms in total. The van der Waals surface area contributed by atoms with Gasteiger partial charge >= 0.3 is 5.97 Å². The minimum absolute atomic E-state index is 0.0217. The number of rotatable bonds is 6. The van der Waals surface area contributed by atoms with Crippen molar-refractivity contribution in [3.05, 3.63) is 11.6 Å². The van der Waals surface area contributed by atoms with E-state index in [0.717, 1.165) is 37.0 Å². The smallest absolute Gasteiger partial charge is 0.302 e. The lowest BCUT2D eigenvalue weighted by atomic mass is 9.47. The number of allylic oxidation sites excluding steroid dienone is 1. The Morgan fingerprint density at radius 1 is 1.06 bits per heavy atom. The van der Waals surface area contributed by atoms with Crippen molar-refractivity contribution in [2.45, 2.75) is 118 Å². The lowest BCUT2D eigenvalue weighted by Gasteiger charge is -2.59. The molecule has 0 bridgehead atoms. The predicted molar refractivity (Wildman–Crippen MR) is 130 cm³/mol. The summed E-state index contributed by atoms with van der Waals surface area (Å²) in [5.74, 6) is 3.71. The Morgan fingerprint density at radius 2 is 1.75 bits per heavy atom. The van der Waals surface area contributed by atoms with Crippen LogP contribution in [0.2, 0.25) is 0 Å². The van der Waals surface area contributed by atoms with Gasteiger partial charge in [-0.3, -0.25) is 4.79 Å². The third-order valence-corrected chi connectivity index (χ3v) is 10.6. The maximum Gasteiger partial charge on any atom is 0.302 e. The first-order valence-corrected chi connectivity index (χ1v) is 13.6. The molecule has 3 heteroatoms. The number of aliphatic hydroxyl groups is 1. The zero-order chi connectivity index (χ0) is 23.3. The van der Waals surface area contributed by atoms with Gasteiger partial charge in [0.2, 0.25) is 0 Å². The Bertz CT molecular complexity index is 726. The molecule has 4 aliphatic carbocycles. The number of fused-ring (bicyclic) bond motifs is 5. The summed E-state index contributed by atoms with van der Waals surface area (Å²) in [6.45, 7) is 13.7. The van der Waals surface area contributed by atoms with E-state index in [-0.39, 0.29) is 23.4 Å². The molecule has 4 aliphatic rings. The molecule has 1 N–H and O–H groups in total. The largest absolute Gasteiger partial charge is 0.463 e. The highest BCUT2D eigenvalue weighted by atomic mass is 16.5. The molecule has 0 heterocycles. The lowest BCUT2D eigenvalue weighted by molar-refractivity contribution is -0.155. The average molecular weight is 445 g/mol. The second-order valence-electron chi connectivity index (χ2n) is 12.9. The van der Waals surface area contributed by atoms with Crippen molar-refractivity contribution >= 4 is 5.97 Å². The predicted octanol–water partition coefficient (Wildman–Crippen LogP) is 6.93. The molecular formula is C29H48O3. The third-order valence-electron chi connectivity index (χ3n) is 10.6. The summed E-state index contributed by atoms with van der Waals surface area (Å²) in [5.41, 5.74) is 2.15. The molecule has 0 aromatic rings. The summed E-state index contributed by atoms with van der Waals surface area (Å²) in [5, 5.41) is 11.3. The van der Waals surface area contributed by atoms with E-state index in [0.29, 0.717) is 17.3 Å². The fourth-order valence-electron chi connectivity index (χ4n) is 8.91. The zero-order valence-electron chi connectivity index (χ0n) is 21.5. The quantitative estimate of drug-likeness (QED) is 0.357. The van der Waals surface area contributed by atoms with Gasteiger partial charge in [0.1, 0.15) is 6.10 Å². The second kappa shape index (κ2) is 9.08. The number of aliphatic hydroxyl groups excluding tert-OH is 1. The average Bonchev–Trinajstić information content (AvgIpc) is 3.06. The fourth-order valence-corrected chi connectivity index (χ4v) is 8.91. The number of carbonyl (C=O) groups excluding carboxylic acids is 1. The number of ether oxygens (including phenoxy) is 1. The maximum absolute atomic E-state index is 11.5. The highest BCUT2D eigenvalue weighted by Crippen LogP contribution is 2.67. The molecule has 3 fully saturated rings. The van der Waals surface area contributed by atoms with Crippen LogP contribution in [0.4, 0.5) is 0 Å². The van der Waals surface area contributed by atoms with Crippen molar-refractivity contribution in [3.63, 3.8) is 0 Å². The second-order valence-corrected chi connectivity index (χ2v) is 12.9. The normalized spacial score (nSPS) is 44.3. The summed E-state index contributed by atoms with van der Waals surface area (Å²) >= 11 is 0. The van der Waals surface area contributed by atoms with Crippen molar-refractivity contribution in [1.29, 1.82) is 0 Å². The lowest BCUT2D eigenvalue weighted by Crippen LogP contribution is -2.54. The standard InChI is InChI=1S/C29H48O3/c1-18(2)8-7-9-19(3)23-10-11-24-22-17-27(31)26-16-21(32-20(4)30)12-14-29(26,6)25(22)13-15-28(23,24)5/h17-19,21,23-27,31H,7-16H2,1-6H3/t19-,21+,23-,24+,25+,26-,27-,28-,29-/m1/s1. The fraction of sp³-hybridized carbons (Fsp3) is 0.897. The minimum Gasteiger partial charge on any atom is -0.463 e. The number of carbonyl (C=O) groups is 1. The first kappa shape index (κ1) is 24.3. The van der Waals surface area contributed by atoms with E-state index < -0.39 is 6.10 Å². The minimum atomic E-state index is -0.394. The summed E-state index contributed by atoms with van der Waals surface area (Å²) < 4.78 is 5.57. The van der Waals surface area contributed by atoms with E-state index in [1.807, 2.05) is 0 Å². The van der Waals surface area contributed by atoms with Crippen LogP contribution in [0, 0.1) is 46.3 Å². The van der Waals surface area contributed by atoms with Gasteiger partial charge in [0.25, 0.3) is 0 Å². The van der Waals surface area contributed by atoms with E-state index in [2.05, 4.69) is 40.7 Å². The zero-order valence-corrected chi connectivity index (χ0v) is 21.5. The molecule has 0 amide bonds. The van der Waals surface area contributed by atoms with Gasteiger partial charge in [-0.1, -0.05) is 65.5 Å². The molecule has 9 atom stereocenters. The molecule has 0 aromatic carbocycles. The van der Waals surface area contributed by atoms with Crippen LogP contribution < -0.4 is 0 Å². The molecule has 32 heavy (non-hydrogen) atoms. The van der Waals surface area contributed by atoms with Gasteiger partial charge in [-0.15, -0.1) is 0 Å². The summed E-state index contributed by atoms with van der Waals surface area (Å²) in [7, 11) is 0. The van der Waals surface area contributed by atoms with E-state index in [4.69, 9.17) is 4.74 Å². The molecule has 0 aromatic heterocycles. The van der Waals surface area contributed by atoms with Crippen molar-refractivity contribution in [1.82, 2.24) is 0 Å². The SMILES string of the molecule is CC(=O)O[C@H]1CC[C@@]2(C)[C@H](C1)[C@H](O)C=C1[C@@H]2CC[C@]2(C)[C@@H]([C@H](C)CCCC(C)C)CC[C@@H]12. The van der Waals surface area contributed by atoms with E-state index in [1.165, 1.54) is 51.9 Å². The van der Waals surface area contributed by atoms with Gasteiger partial charge < -0.3 is 9.84 Å². The van der Waals surface area contributed by atoms with Crippen LogP contribution in [0.1, 0.15) is 106 Å². The van der Waals surface area contributed by atoms with Crippen LogP contribution in [0.5, 0.6) is 0 Å². The van der Waals surface area contributed by atoms with Crippen LogP contribution in [0.25, 0.3) is 0 Å². The Balaban J connectivity index is 1.52. The molecule has 4 rings (SSSR count). The first-order chi connectivity index (χ1) is 15.1. The first-order valence-electron chi connectivity index (χ1n) is 13.6. The van der Waals surface area contributed by atoms with E-state index >= 15 is 0 Å². The van der Waals surface area contributed by atoms with Crippen LogP contribution in [0.3, 0.4) is 0 Å². The van der Waals surface area contributed by atoms with E-state index in [1.54, 1.807) is 5.57 Å². The summed E-state index contributed by atoms with van der Waals surface area (Å²) in [6, 6.07) is 0. The third kappa shape index (κ3) is 4.21. The Kier molecular flexibility index (Phi) is 6.90. The van der Waals surface area contributed by atoms with Crippen LogP contribution in [-0.4, -0.2) is 23.3 Å². The monoisotopic (exact) mass is 444 g/mol. The molecular weight excluding hydrogens is 396 g/mol. The van der Waals surface area contributed by atoms with Gasteiger partial charge in [0, 0.05) is 6.92 Å². The maximum atomic E-state index is 11.5. The highest BCUT2D eigenvalue weighted by molar-refractivity contribution is 5.66. The van der Waals surface area contributed by atoms with Crippen LogP contribution in [0.15, 0.2) is 11.6 Å². The van der Waals surface area contributed by atoms with Crippen LogP contribution >= 0.6 is 0 Å². The Hall–Kier alpha value is -0.830. The van der Waals surface area contributed by atoms with E-state index in [9.17, 15) is 9.90 Å². The van der Waals surface area contributed by atoms with Crippen molar-refractivity contribution in [2.75, 3.05) is 0 Å². The molecule has 182 valence electrons. The van der Waals surface area contributed by atoms with Gasteiger partial charge in [-0.2, -0.15) is 0 Å². The van der Waals surface area contributed by atoms with Gasteiger partial charge in [0.05, 0.1) is 6.10 Å². The Labute approximate surface area is 196 Å². The van der Waals surface area contributed by atoms with Gasteiger partial charge in [-0.05, 0) is 91.3 Å². The van der Waals surface area contributed by atoms with Crippen LogP contribution in [-0.2, 0) is 9.53 Å². The highest BCUT2D eigenvalue weighted by Gasteiger charge is 2.59. The number of esters is 1. The number of hydrogen-bond acceptors (Lipinski definition) is 3. The molecule has 0 unspecified atom stereocenters. The van der Waals surface area contributed by atoms with Gasteiger partial charge in [-0.25, -0.2) is 0 Å². The topological polar surface area (TPSA) is 46.5 Å². The van der Waals surface area contributed by atoms with Gasteiger partial charge in [0.15, 0.2) is 0 Å². The molecule has 0 spiro atoms. The molecule has 0 aliphatic heterocycles.